The van der Waals surface area contributed by atoms with Gasteiger partial charge in [0, 0.05) is 6.20 Å². The number of carbonyl (C=O) groups is 1. The molecule has 1 heterocycles. The van der Waals surface area contributed by atoms with Crippen molar-refractivity contribution in [3.8, 4) is 0 Å². The van der Waals surface area contributed by atoms with Crippen LogP contribution in [0.4, 0.5) is 0 Å². The average molecular weight is 371 g/mol. The number of pyridine rings is 1. The van der Waals surface area contributed by atoms with Gasteiger partial charge in [-0.25, -0.2) is 0 Å². The predicted molar refractivity (Wildman–Crippen MR) is 94.6 cm³/mol. The highest BCUT2D eigenvalue weighted by molar-refractivity contribution is 9.10. The lowest BCUT2D eigenvalue weighted by molar-refractivity contribution is 0.0939. The summed E-state index contributed by atoms with van der Waals surface area (Å²) in [5.41, 5.74) is 1.20. The van der Waals surface area contributed by atoms with Gasteiger partial charge in [0.15, 0.2) is 0 Å². The summed E-state index contributed by atoms with van der Waals surface area (Å²) in [4.78, 5) is 26.3. The third-order valence-corrected chi connectivity index (χ3v) is 4.35. The molecule has 0 unspecified atom stereocenters. The van der Waals surface area contributed by atoms with Gasteiger partial charge in [-0.3, -0.25) is 9.59 Å². The van der Waals surface area contributed by atoms with Crippen molar-refractivity contribution in [1.29, 1.82) is 0 Å². The lowest BCUT2D eigenvalue weighted by atomic mass is 9.99. The second-order valence-corrected chi connectivity index (χ2v) is 6.18. The summed E-state index contributed by atoms with van der Waals surface area (Å²) in [6.45, 7) is 1.94. The van der Waals surface area contributed by atoms with Crippen molar-refractivity contribution >= 4 is 32.6 Å². The molecule has 0 spiro atoms. The SMILES string of the molecule is C[C@H](NC(=O)c1c[nH]c(=O)c(Br)c1)c1cccc2ccccc12. The van der Waals surface area contributed by atoms with Crippen LogP contribution in [-0.4, -0.2) is 10.9 Å². The van der Waals surface area contributed by atoms with E-state index in [2.05, 4.69) is 26.2 Å². The van der Waals surface area contributed by atoms with E-state index in [1.807, 2.05) is 49.4 Å². The van der Waals surface area contributed by atoms with Crippen molar-refractivity contribution in [3.05, 3.63) is 80.7 Å². The van der Waals surface area contributed by atoms with Crippen LogP contribution in [-0.2, 0) is 0 Å². The van der Waals surface area contributed by atoms with Gasteiger partial charge in [-0.05, 0) is 45.3 Å². The number of rotatable bonds is 3. The normalized spacial score (nSPS) is 12.1. The maximum atomic E-state index is 12.4. The minimum Gasteiger partial charge on any atom is -0.345 e. The van der Waals surface area contributed by atoms with Crippen LogP contribution in [0.2, 0.25) is 0 Å². The number of carbonyl (C=O) groups excluding carboxylic acids is 1. The van der Waals surface area contributed by atoms with Gasteiger partial charge in [0.2, 0.25) is 0 Å². The zero-order valence-corrected chi connectivity index (χ0v) is 14.1. The lowest BCUT2D eigenvalue weighted by Crippen LogP contribution is -2.27. The minimum absolute atomic E-state index is 0.153. The fourth-order valence-electron chi connectivity index (χ4n) is 2.57. The first kappa shape index (κ1) is 15.5. The van der Waals surface area contributed by atoms with Crippen molar-refractivity contribution in [3.63, 3.8) is 0 Å². The number of amides is 1. The number of halogens is 1. The summed E-state index contributed by atoms with van der Waals surface area (Å²) in [6.07, 6.45) is 1.41. The Hall–Kier alpha value is -2.40. The van der Waals surface area contributed by atoms with Gasteiger partial charge in [-0.1, -0.05) is 42.5 Å². The molecule has 0 aliphatic carbocycles. The van der Waals surface area contributed by atoms with E-state index in [9.17, 15) is 9.59 Å². The summed E-state index contributed by atoms with van der Waals surface area (Å²) < 4.78 is 0.336. The van der Waals surface area contributed by atoms with E-state index in [0.29, 0.717) is 10.0 Å². The molecule has 0 aliphatic rings. The zero-order chi connectivity index (χ0) is 16.4. The Bertz CT molecular complexity index is 928. The minimum atomic E-state index is -0.261. The smallest absolute Gasteiger partial charge is 0.262 e. The molecule has 3 rings (SSSR count). The summed E-state index contributed by atoms with van der Waals surface area (Å²) in [5, 5.41) is 5.22. The van der Waals surface area contributed by atoms with Crippen molar-refractivity contribution in [1.82, 2.24) is 10.3 Å². The lowest BCUT2D eigenvalue weighted by Gasteiger charge is -2.16. The third-order valence-electron chi connectivity index (χ3n) is 3.76. The van der Waals surface area contributed by atoms with E-state index >= 15 is 0 Å². The Morgan fingerprint density at radius 3 is 2.70 bits per heavy atom. The molecule has 23 heavy (non-hydrogen) atoms. The van der Waals surface area contributed by atoms with Gasteiger partial charge in [0.05, 0.1) is 16.1 Å². The highest BCUT2D eigenvalue weighted by Crippen LogP contribution is 2.24. The Kier molecular flexibility index (Phi) is 4.30. The summed E-state index contributed by atoms with van der Waals surface area (Å²) in [6, 6.07) is 15.5. The third kappa shape index (κ3) is 3.19. The predicted octanol–water partition coefficient (Wildman–Crippen LogP) is 3.78. The highest BCUT2D eigenvalue weighted by atomic mass is 79.9. The second-order valence-electron chi connectivity index (χ2n) is 5.33. The Morgan fingerprint density at radius 1 is 1.17 bits per heavy atom. The molecule has 0 saturated heterocycles. The van der Waals surface area contributed by atoms with Gasteiger partial charge in [0.1, 0.15) is 0 Å². The fourth-order valence-corrected chi connectivity index (χ4v) is 2.93. The van der Waals surface area contributed by atoms with Crippen LogP contribution >= 0.6 is 15.9 Å². The van der Waals surface area contributed by atoms with E-state index in [1.54, 1.807) is 0 Å². The molecule has 4 nitrogen and oxygen atoms in total. The zero-order valence-electron chi connectivity index (χ0n) is 12.5. The van der Waals surface area contributed by atoms with Gasteiger partial charge < -0.3 is 10.3 Å². The summed E-state index contributed by atoms with van der Waals surface area (Å²) >= 11 is 3.13. The van der Waals surface area contributed by atoms with Crippen LogP contribution in [0.25, 0.3) is 10.8 Å². The van der Waals surface area contributed by atoms with Gasteiger partial charge >= 0.3 is 0 Å². The second kappa shape index (κ2) is 6.38. The molecule has 2 aromatic carbocycles. The number of nitrogens with one attached hydrogen (secondary N) is 2. The number of hydrogen-bond donors (Lipinski definition) is 2. The first-order valence-electron chi connectivity index (χ1n) is 7.23. The Balaban J connectivity index is 1.88. The molecule has 0 aliphatic heterocycles. The Morgan fingerprint density at radius 2 is 1.91 bits per heavy atom. The monoisotopic (exact) mass is 370 g/mol. The summed E-state index contributed by atoms with van der Waals surface area (Å²) in [5.74, 6) is -0.234. The fraction of sp³-hybridized carbons (Fsp3) is 0.111. The largest absolute Gasteiger partial charge is 0.345 e. The van der Waals surface area contributed by atoms with E-state index in [-0.39, 0.29) is 17.5 Å². The van der Waals surface area contributed by atoms with Crippen LogP contribution in [0.3, 0.4) is 0 Å². The van der Waals surface area contributed by atoms with E-state index in [1.165, 1.54) is 12.3 Å². The van der Waals surface area contributed by atoms with Crippen molar-refractivity contribution in [2.24, 2.45) is 0 Å². The van der Waals surface area contributed by atoms with E-state index < -0.39 is 0 Å². The Labute approximate surface area is 141 Å². The van der Waals surface area contributed by atoms with Gasteiger partial charge in [-0.15, -0.1) is 0 Å². The number of benzene rings is 2. The molecule has 1 atom stereocenters. The molecule has 1 amide bonds. The summed E-state index contributed by atoms with van der Waals surface area (Å²) in [7, 11) is 0. The first-order valence-corrected chi connectivity index (χ1v) is 8.02. The average Bonchev–Trinajstić information content (AvgIpc) is 2.56. The molecule has 116 valence electrons. The van der Waals surface area contributed by atoms with Crippen molar-refractivity contribution in [2.75, 3.05) is 0 Å². The molecule has 3 aromatic rings. The van der Waals surface area contributed by atoms with Crippen LogP contribution < -0.4 is 10.9 Å². The molecule has 0 radical (unpaired) electrons. The molecule has 0 saturated carbocycles. The molecular weight excluding hydrogens is 356 g/mol. The van der Waals surface area contributed by atoms with E-state index in [4.69, 9.17) is 0 Å². The molecule has 5 heteroatoms. The standard InChI is InChI=1S/C18H15BrN2O2/c1-11(14-8-4-6-12-5-2-3-7-15(12)14)21-17(22)13-9-16(19)18(23)20-10-13/h2-11H,1H3,(H,20,23)(H,21,22)/t11-/m0/s1. The number of aromatic nitrogens is 1. The van der Waals surface area contributed by atoms with Crippen LogP contribution in [0.15, 0.2) is 64.0 Å². The maximum absolute atomic E-state index is 12.4. The van der Waals surface area contributed by atoms with Gasteiger partial charge in [-0.2, -0.15) is 0 Å². The number of aromatic amines is 1. The van der Waals surface area contributed by atoms with Crippen LogP contribution in [0, 0.1) is 0 Å². The number of H-pyrrole nitrogens is 1. The van der Waals surface area contributed by atoms with Crippen LogP contribution in [0.1, 0.15) is 28.9 Å². The molecule has 0 bridgehead atoms. The number of hydrogen-bond acceptors (Lipinski definition) is 2. The van der Waals surface area contributed by atoms with Crippen LogP contribution in [0.5, 0.6) is 0 Å². The maximum Gasteiger partial charge on any atom is 0.262 e. The molecule has 0 fully saturated rings. The van der Waals surface area contributed by atoms with E-state index in [0.717, 1.165) is 16.3 Å². The van der Waals surface area contributed by atoms with Crippen molar-refractivity contribution in [2.45, 2.75) is 13.0 Å². The quantitative estimate of drug-likeness (QED) is 0.736. The first-order chi connectivity index (χ1) is 11.1. The molecular formula is C18H15BrN2O2. The molecule has 2 N–H and O–H groups in total. The van der Waals surface area contributed by atoms with Gasteiger partial charge in [0.25, 0.3) is 11.5 Å². The topological polar surface area (TPSA) is 62.0 Å². The van der Waals surface area contributed by atoms with Crippen molar-refractivity contribution < 1.29 is 4.79 Å². The number of fused-ring (bicyclic) bond motifs is 1. The molecule has 1 aromatic heterocycles. The highest BCUT2D eigenvalue weighted by Gasteiger charge is 2.14.